The second-order valence-electron chi connectivity index (χ2n) is 8.87. The zero-order valence-electron chi connectivity index (χ0n) is 17.8. The van der Waals surface area contributed by atoms with E-state index in [0.29, 0.717) is 0 Å². The Balaban J connectivity index is 1.47. The van der Waals surface area contributed by atoms with Gasteiger partial charge in [-0.1, -0.05) is 30.4 Å². The number of hydrogen-bond donors (Lipinski definition) is 0. The van der Waals surface area contributed by atoms with E-state index in [1.807, 2.05) is 49.6 Å². The third-order valence-electron chi connectivity index (χ3n) is 6.68. The van der Waals surface area contributed by atoms with E-state index < -0.39 is 0 Å². The highest BCUT2D eigenvalue weighted by Gasteiger charge is 2.59. The lowest BCUT2D eigenvalue weighted by atomic mass is 9.85. The van der Waals surface area contributed by atoms with Gasteiger partial charge < -0.3 is 9.30 Å². The highest BCUT2D eigenvalue weighted by Crippen LogP contribution is 2.52. The van der Waals surface area contributed by atoms with Crippen LogP contribution in [0, 0.1) is 30.6 Å². The van der Waals surface area contributed by atoms with Crippen LogP contribution in [-0.2, 0) is 25.7 Å². The summed E-state index contributed by atoms with van der Waals surface area (Å²) >= 11 is 0. The van der Waals surface area contributed by atoms with Crippen LogP contribution in [0.15, 0.2) is 41.5 Å². The van der Waals surface area contributed by atoms with Gasteiger partial charge in [-0.3, -0.25) is 14.4 Å². The van der Waals surface area contributed by atoms with Crippen LogP contribution in [0.5, 0.6) is 0 Å². The standard InChI is InChI=1S/C24H25N3O4/c1-13(2)31-20(28)12-26-14(3)18(17-6-4-5-7-19(17)26)11-25-27-23(29)21-15-8-9-16(10-15)22(21)24(27)30/h4-9,11,13,15-16,21-22H,10,12H2,1-3H3. The highest BCUT2D eigenvalue weighted by molar-refractivity contribution is 6.08. The molecule has 2 aromatic rings. The lowest BCUT2D eigenvalue weighted by Crippen LogP contribution is -2.28. The lowest BCUT2D eigenvalue weighted by molar-refractivity contribution is -0.148. The maximum atomic E-state index is 12.9. The maximum Gasteiger partial charge on any atom is 0.326 e. The summed E-state index contributed by atoms with van der Waals surface area (Å²) in [5, 5.41) is 6.30. The number of nitrogens with zero attached hydrogens (tertiary/aromatic N) is 3. The summed E-state index contributed by atoms with van der Waals surface area (Å²) in [6, 6.07) is 7.70. The number of para-hydroxylation sites is 1. The van der Waals surface area contributed by atoms with E-state index in [9.17, 15) is 14.4 Å². The minimum atomic E-state index is -0.317. The number of carbonyl (C=O) groups is 3. The summed E-state index contributed by atoms with van der Waals surface area (Å²) in [6.45, 7) is 5.62. The Labute approximate surface area is 180 Å². The minimum Gasteiger partial charge on any atom is -0.462 e. The Kier molecular flexibility index (Phi) is 4.57. The number of hydrazone groups is 1. The van der Waals surface area contributed by atoms with Crippen LogP contribution in [0.3, 0.4) is 0 Å². The van der Waals surface area contributed by atoms with Crippen LogP contribution >= 0.6 is 0 Å². The molecule has 4 atom stereocenters. The van der Waals surface area contributed by atoms with Gasteiger partial charge in [0.2, 0.25) is 0 Å². The van der Waals surface area contributed by atoms with Crippen molar-refractivity contribution >= 4 is 34.9 Å². The zero-order valence-corrected chi connectivity index (χ0v) is 17.8. The van der Waals surface area contributed by atoms with Gasteiger partial charge in [-0.15, -0.1) is 0 Å². The number of carbonyl (C=O) groups excluding carboxylic acids is 3. The molecule has 0 spiro atoms. The van der Waals surface area contributed by atoms with Crippen LogP contribution in [-0.4, -0.2) is 39.7 Å². The number of imide groups is 1. The largest absolute Gasteiger partial charge is 0.462 e. The van der Waals surface area contributed by atoms with E-state index in [1.165, 1.54) is 0 Å². The predicted molar refractivity (Wildman–Crippen MR) is 115 cm³/mol. The molecule has 1 saturated heterocycles. The molecule has 1 saturated carbocycles. The summed E-state index contributed by atoms with van der Waals surface area (Å²) in [6.07, 6.45) is 6.42. The molecular formula is C24H25N3O4. The third kappa shape index (κ3) is 3.02. The topological polar surface area (TPSA) is 81.0 Å². The Morgan fingerprint density at radius 2 is 1.81 bits per heavy atom. The van der Waals surface area contributed by atoms with Gasteiger partial charge in [-0.25, -0.2) is 0 Å². The SMILES string of the molecule is Cc1c(C=NN2C(=O)C3C4C=CC(C4)C3C2=O)c2ccccc2n1CC(=O)OC(C)C. The summed E-state index contributed by atoms with van der Waals surface area (Å²) in [4.78, 5) is 38.1. The van der Waals surface area contributed by atoms with Crippen molar-refractivity contribution in [1.82, 2.24) is 9.58 Å². The number of aromatic nitrogens is 1. The average Bonchev–Trinajstić information content (AvgIpc) is 3.45. The molecule has 31 heavy (non-hydrogen) atoms. The van der Waals surface area contributed by atoms with Crippen molar-refractivity contribution in [2.45, 2.75) is 39.8 Å². The van der Waals surface area contributed by atoms with Gasteiger partial charge in [0, 0.05) is 22.2 Å². The Hall–Kier alpha value is -3.22. The summed E-state index contributed by atoms with van der Waals surface area (Å²) in [7, 11) is 0. The zero-order chi connectivity index (χ0) is 21.9. The van der Waals surface area contributed by atoms with Crippen LogP contribution < -0.4 is 0 Å². The van der Waals surface area contributed by atoms with E-state index in [-0.39, 0.29) is 54.1 Å². The second-order valence-corrected chi connectivity index (χ2v) is 8.87. The molecule has 4 unspecified atom stereocenters. The van der Waals surface area contributed by atoms with E-state index in [0.717, 1.165) is 33.6 Å². The molecule has 0 N–H and O–H groups in total. The highest BCUT2D eigenvalue weighted by atomic mass is 16.5. The number of benzene rings is 1. The fourth-order valence-electron chi connectivity index (χ4n) is 5.37. The summed E-state index contributed by atoms with van der Waals surface area (Å²) in [5.74, 6) is -0.955. The van der Waals surface area contributed by atoms with Crippen LogP contribution in [0.4, 0.5) is 0 Å². The van der Waals surface area contributed by atoms with Gasteiger partial charge in [-0.05, 0) is 45.1 Å². The molecule has 5 rings (SSSR count). The average molecular weight is 419 g/mol. The Morgan fingerprint density at radius 3 is 2.45 bits per heavy atom. The third-order valence-corrected chi connectivity index (χ3v) is 6.68. The first kappa shape index (κ1) is 19.7. The van der Waals surface area contributed by atoms with Crippen molar-refractivity contribution in [3.63, 3.8) is 0 Å². The van der Waals surface area contributed by atoms with Crippen molar-refractivity contribution in [3.05, 3.63) is 47.7 Å². The van der Waals surface area contributed by atoms with Gasteiger partial charge in [0.15, 0.2) is 0 Å². The smallest absolute Gasteiger partial charge is 0.326 e. The molecule has 1 aromatic heterocycles. The van der Waals surface area contributed by atoms with Gasteiger partial charge in [0.25, 0.3) is 11.8 Å². The van der Waals surface area contributed by atoms with E-state index in [2.05, 4.69) is 17.3 Å². The number of allylic oxidation sites excluding steroid dienone is 2. The molecule has 2 amide bonds. The number of rotatable bonds is 5. The van der Waals surface area contributed by atoms with E-state index >= 15 is 0 Å². The van der Waals surface area contributed by atoms with Crippen molar-refractivity contribution in [1.29, 1.82) is 0 Å². The van der Waals surface area contributed by atoms with Crippen LogP contribution in [0.1, 0.15) is 31.5 Å². The lowest BCUT2D eigenvalue weighted by Gasteiger charge is -2.13. The number of amides is 2. The summed E-state index contributed by atoms with van der Waals surface area (Å²) in [5.41, 5.74) is 2.48. The molecule has 160 valence electrons. The molecule has 7 nitrogen and oxygen atoms in total. The van der Waals surface area contributed by atoms with Gasteiger partial charge in [0.05, 0.1) is 24.2 Å². The first-order valence-corrected chi connectivity index (χ1v) is 10.7. The van der Waals surface area contributed by atoms with Gasteiger partial charge in [0.1, 0.15) is 6.54 Å². The van der Waals surface area contributed by atoms with Crippen LogP contribution in [0.25, 0.3) is 10.9 Å². The fourth-order valence-corrected chi connectivity index (χ4v) is 5.37. The number of esters is 1. The molecular weight excluding hydrogens is 394 g/mol. The van der Waals surface area contributed by atoms with E-state index in [4.69, 9.17) is 4.74 Å². The first-order chi connectivity index (χ1) is 14.9. The second kappa shape index (κ2) is 7.18. The van der Waals surface area contributed by atoms with Gasteiger partial charge >= 0.3 is 5.97 Å². The minimum absolute atomic E-state index is 0.0825. The summed E-state index contributed by atoms with van der Waals surface area (Å²) < 4.78 is 7.19. The molecule has 2 bridgehead atoms. The molecule has 2 aliphatic carbocycles. The molecule has 0 radical (unpaired) electrons. The maximum absolute atomic E-state index is 12.9. The fraction of sp³-hybridized carbons (Fsp3) is 0.417. The van der Waals surface area contributed by atoms with Gasteiger partial charge in [-0.2, -0.15) is 10.1 Å². The van der Waals surface area contributed by atoms with Crippen molar-refractivity contribution in [3.8, 4) is 0 Å². The molecule has 1 aliphatic heterocycles. The molecule has 7 heteroatoms. The van der Waals surface area contributed by atoms with Crippen molar-refractivity contribution in [2.24, 2.45) is 28.8 Å². The molecule has 2 heterocycles. The number of fused-ring (bicyclic) bond motifs is 6. The Bertz CT molecular complexity index is 1130. The van der Waals surface area contributed by atoms with Crippen molar-refractivity contribution in [2.75, 3.05) is 0 Å². The number of hydrogen-bond acceptors (Lipinski definition) is 5. The predicted octanol–water partition coefficient (Wildman–Crippen LogP) is 3.04. The monoisotopic (exact) mass is 419 g/mol. The van der Waals surface area contributed by atoms with Crippen LogP contribution in [0.2, 0.25) is 0 Å². The molecule has 1 aromatic carbocycles. The molecule has 3 aliphatic rings. The van der Waals surface area contributed by atoms with Crippen molar-refractivity contribution < 1.29 is 19.1 Å². The van der Waals surface area contributed by atoms with E-state index in [1.54, 1.807) is 6.21 Å². The first-order valence-electron chi connectivity index (χ1n) is 10.7. The Morgan fingerprint density at radius 1 is 1.16 bits per heavy atom. The quantitative estimate of drug-likeness (QED) is 0.323. The number of ether oxygens (including phenoxy) is 1. The normalized spacial score (nSPS) is 26.8. The molecule has 2 fully saturated rings.